The van der Waals surface area contributed by atoms with Crippen LogP contribution in [0.15, 0.2) is 42.5 Å². The second-order valence-corrected chi connectivity index (χ2v) is 14.0. The number of aromatic nitrogens is 4. The van der Waals surface area contributed by atoms with E-state index < -0.39 is 12.1 Å². The fourth-order valence-electron chi connectivity index (χ4n) is 8.64. The Balaban J connectivity index is 1.13. The lowest BCUT2D eigenvalue weighted by Gasteiger charge is -2.35. The third kappa shape index (κ3) is 5.22. The summed E-state index contributed by atoms with van der Waals surface area (Å²) in [4.78, 5) is 20.4. The molecule has 2 aromatic heterocycles. The van der Waals surface area contributed by atoms with E-state index in [2.05, 4.69) is 25.5 Å². The van der Waals surface area contributed by atoms with Gasteiger partial charge in [0.1, 0.15) is 29.1 Å². The Morgan fingerprint density at radius 2 is 1.17 bits per heavy atom. The van der Waals surface area contributed by atoms with Gasteiger partial charge in [0.15, 0.2) is 0 Å². The van der Waals surface area contributed by atoms with Gasteiger partial charge in [-0.15, -0.1) is 0 Å². The van der Waals surface area contributed by atoms with Crippen molar-refractivity contribution in [3.8, 4) is 0 Å². The molecule has 4 saturated heterocycles. The maximum absolute atomic E-state index is 16.1. The van der Waals surface area contributed by atoms with Crippen LogP contribution in [0.3, 0.4) is 0 Å². The van der Waals surface area contributed by atoms with Crippen LogP contribution in [-0.4, -0.2) is 46.1 Å². The number of rotatable bonds is 6. The minimum absolute atomic E-state index is 0.128. The Kier molecular flexibility index (Phi) is 7.57. The standard InChI is InChI=1S/C37H41F3N8/c38-24-19-31-29(43-36(45-31)27-6-4-12-41-27)17-22(24)33-10-11-34(48(33)21-8-9-35(26(40)16-21)47-14-2-1-3-15-47)23-18-30-32(20-25(23)39)46-37(44-30)28-7-5-13-42-28/h8-9,16-20,27-28,33-34,41-42H,1-7,10-15H2,(H,43,45)(H,44,46)/t27-,28-,33+,34+/m0/s1. The maximum atomic E-state index is 16.1. The van der Waals surface area contributed by atoms with E-state index in [0.717, 1.165) is 93.8 Å². The lowest BCUT2D eigenvalue weighted by atomic mass is 10.0. The predicted molar refractivity (Wildman–Crippen MR) is 182 cm³/mol. The van der Waals surface area contributed by atoms with Gasteiger partial charge in [0.2, 0.25) is 0 Å². The first kappa shape index (κ1) is 30.0. The number of halogens is 3. The van der Waals surface area contributed by atoms with Crippen molar-refractivity contribution in [1.82, 2.24) is 30.6 Å². The van der Waals surface area contributed by atoms with Gasteiger partial charge in [0, 0.05) is 42.0 Å². The topological polar surface area (TPSA) is 87.9 Å². The monoisotopic (exact) mass is 654 g/mol. The van der Waals surface area contributed by atoms with Crippen LogP contribution in [0.2, 0.25) is 0 Å². The van der Waals surface area contributed by atoms with E-state index in [0.29, 0.717) is 46.4 Å². The van der Waals surface area contributed by atoms with Crippen molar-refractivity contribution in [2.45, 2.75) is 82.0 Å². The average Bonchev–Trinajstić information content (AvgIpc) is 3.93. The molecule has 4 aliphatic rings. The van der Waals surface area contributed by atoms with Crippen molar-refractivity contribution in [3.63, 3.8) is 0 Å². The molecule has 250 valence electrons. The summed E-state index contributed by atoms with van der Waals surface area (Å²) in [5.74, 6) is 0.601. The molecular formula is C37H41F3N8. The molecule has 4 N–H and O–H groups in total. The summed E-state index contributed by atoms with van der Waals surface area (Å²) in [7, 11) is 0. The normalized spacial score (nSPS) is 24.9. The Hall–Kier alpha value is -4.09. The zero-order chi connectivity index (χ0) is 32.4. The van der Waals surface area contributed by atoms with Crippen LogP contribution < -0.4 is 20.4 Å². The van der Waals surface area contributed by atoms with E-state index in [1.54, 1.807) is 6.07 Å². The Morgan fingerprint density at radius 1 is 0.604 bits per heavy atom. The lowest BCUT2D eigenvalue weighted by molar-refractivity contribution is 0.552. The molecule has 0 spiro atoms. The van der Waals surface area contributed by atoms with Crippen LogP contribution in [0, 0.1) is 17.5 Å². The number of nitrogens with zero attached hydrogens (tertiary/aromatic N) is 4. The number of aromatic amines is 2. The summed E-state index contributed by atoms with van der Waals surface area (Å²) < 4.78 is 48.2. The van der Waals surface area contributed by atoms with Crippen molar-refractivity contribution in [3.05, 3.63) is 82.7 Å². The SMILES string of the molecule is Fc1cc2nc([C@@H]3CCCN3)[nH]c2cc1[C@H]1CC[C@H](c2cc3[nH]c([C@@H]4CCCN4)nc3cc2F)N1c1ccc(N2CCCCC2)c(F)c1. The van der Waals surface area contributed by atoms with Gasteiger partial charge in [0.05, 0.1) is 51.9 Å². The summed E-state index contributed by atoms with van der Waals surface area (Å²) in [6.45, 7) is 3.53. The van der Waals surface area contributed by atoms with Crippen LogP contribution in [0.4, 0.5) is 24.5 Å². The molecule has 0 aliphatic carbocycles. The maximum Gasteiger partial charge on any atom is 0.148 e. The number of imidazole rings is 2. The van der Waals surface area contributed by atoms with Crippen LogP contribution >= 0.6 is 0 Å². The van der Waals surface area contributed by atoms with E-state index in [4.69, 9.17) is 9.97 Å². The van der Waals surface area contributed by atoms with Crippen molar-refractivity contribution in [2.75, 3.05) is 36.0 Å². The first-order valence-corrected chi connectivity index (χ1v) is 17.7. The Bertz CT molecular complexity index is 1860. The largest absolute Gasteiger partial charge is 0.369 e. The quantitative estimate of drug-likeness (QED) is 0.150. The number of piperidine rings is 1. The molecule has 9 rings (SSSR count). The van der Waals surface area contributed by atoms with Gasteiger partial charge < -0.3 is 30.4 Å². The van der Waals surface area contributed by atoms with E-state index >= 15 is 13.2 Å². The molecule has 48 heavy (non-hydrogen) atoms. The van der Waals surface area contributed by atoms with Gasteiger partial charge >= 0.3 is 0 Å². The molecule has 0 unspecified atom stereocenters. The molecule has 3 aromatic carbocycles. The number of benzene rings is 3. The molecule has 4 aliphatic heterocycles. The molecule has 6 heterocycles. The van der Waals surface area contributed by atoms with E-state index in [-0.39, 0.29) is 29.5 Å². The first-order chi connectivity index (χ1) is 23.5. The zero-order valence-electron chi connectivity index (χ0n) is 27.0. The highest BCUT2D eigenvalue weighted by Crippen LogP contribution is 2.49. The van der Waals surface area contributed by atoms with Crippen LogP contribution in [0.1, 0.15) is 105 Å². The smallest absolute Gasteiger partial charge is 0.148 e. The van der Waals surface area contributed by atoms with Crippen molar-refractivity contribution < 1.29 is 13.2 Å². The summed E-state index contributed by atoms with van der Waals surface area (Å²) >= 11 is 0. The van der Waals surface area contributed by atoms with Crippen LogP contribution in [-0.2, 0) is 0 Å². The summed E-state index contributed by atoms with van der Waals surface area (Å²) in [6, 6.07) is 11.4. The lowest BCUT2D eigenvalue weighted by Crippen LogP contribution is -2.31. The van der Waals surface area contributed by atoms with Gasteiger partial charge in [-0.25, -0.2) is 23.1 Å². The summed E-state index contributed by atoms with van der Waals surface area (Å²) in [5.41, 5.74) is 4.90. The number of nitrogens with one attached hydrogen (secondary N) is 4. The number of hydrogen-bond acceptors (Lipinski definition) is 6. The summed E-state index contributed by atoms with van der Waals surface area (Å²) in [6.07, 6.45) is 8.51. The third-order valence-corrected chi connectivity index (χ3v) is 11.0. The van der Waals surface area contributed by atoms with Gasteiger partial charge in [-0.2, -0.15) is 0 Å². The molecule has 0 saturated carbocycles. The Morgan fingerprint density at radius 3 is 1.67 bits per heavy atom. The minimum atomic E-state index is -0.439. The number of H-pyrrole nitrogens is 2. The zero-order valence-corrected chi connectivity index (χ0v) is 27.0. The Labute approximate surface area is 277 Å². The number of hydrogen-bond donors (Lipinski definition) is 4. The molecule has 4 atom stereocenters. The van der Waals surface area contributed by atoms with Crippen LogP contribution in [0.25, 0.3) is 22.1 Å². The molecule has 11 heteroatoms. The molecule has 0 bridgehead atoms. The molecule has 0 radical (unpaired) electrons. The molecule has 5 aromatic rings. The average molecular weight is 655 g/mol. The predicted octanol–water partition coefficient (Wildman–Crippen LogP) is 7.78. The third-order valence-electron chi connectivity index (χ3n) is 11.0. The summed E-state index contributed by atoms with van der Waals surface area (Å²) in [5, 5.41) is 6.92. The van der Waals surface area contributed by atoms with E-state index in [1.807, 2.05) is 29.2 Å². The van der Waals surface area contributed by atoms with Crippen molar-refractivity contribution in [2.24, 2.45) is 0 Å². The van der Waals surface area contributed by atoms with Gasteiger partial charge in [0.25, 0.3) is 0 Å². The van der Waals surface area contributed by atoms with Crippen molar-refractivity contribution >= 4 is 33.4 Å². The number of fused-ring (bicyclic) bond motifs is 2. The van der Waals surface area contributed by atoms with Crippen molar-refractivity contribution in [1.29, 1.82) is 0 Å². The fourth-order valence-corrected chi connectivity index (χ4v) is 8.64. The van der Waals surface area contributed by atoms with E-state index in [1.165, 1.54) is 12.1 Å². The highest BCUT2D eigenvalue weighted by molar-refractivity contribution is 5.78. The number of anilines is 2. The first-order valence-electron chi connectivity index (χ1n) is 17.7. The van der Waals surface area contributed by atoms with E-state index in [9.17, 15) is 0 Å². The molecular weight excluding hydrogens is 613 g/mol. The van der Waals surface area contributed by atoms with Gasteiger partial charge in [-0.3, -0.25) is 0 Å². The van der Waals surface area contributed by atoms with Gasteiger partial charge in [-0.1, -0.05) is 0 Å². The van der Waals surface area contributed by atoms with Crippen LogP contribution in [0.5, 0.6) is 0 Å². The minimum Gasteiger partial charge on any atom is -0.369 e. The second-order valence-electron chi connectivity index (χ2n) is 14.0. The second kappa shape index (κ2) is 12.1. The molecule has 4 fully saturated rings. The molecule has 0 amide bonds. The molecule has 8 nitrogen and oxygen atoms in total. The highest BCUT2D eigenvalue weighted by Gasteiger charge is 2.39. The fraction of sp³-hybridized carbons (Fsp3) is 0.459. The van der Waals surface area contributed by atoms with Gasteiger partial charge in [-0.05, 0) is 101 Å². The highest BCUT2D eigenvalue weighted by atomic mass is 19.1.